The van der Waals surface area contributed by atoms with Crippen LogP contribution < -0.4 is 4.74 Å². The zero-order valence-electron chi connectivity index (χ0n) is 10.1. The second-order valence-electron chi connectivity index (χ2n) is 4.35. The summed E-state index contributed by atoms with van der Waals surface area (Å²) in [5, 5.41) is 0. The summed E-state index contributed by atoms with van der Waals surface area (Å²) < 4.78 is 5.96. The van der Waals surface area contributed by atoms with Crippen molar-refractivity contribution in [3.05, 3.63) is 28.2 Å². The van der Waals surface area contributed by atoms with Crippen LogP contribution in [0.4, 0.5) is 0 Å². The number of methoxy groups -OCH3 is 1. The molecule has 0 aliphatic heterocycles. The van der Waals surface area contributed by atoms with Gasteiger partial charge in [0.05, 0.1) is 12.7 Å². The summed E-state index contributed by atoms with van der Waals surface area (Å²) in [6.45, 7) is 0. The Morgan fingerprint density at radius 3 is 2.71 bits per heavy atom. The number of carbonyl (C=O) groups is 1. The van der Waals surface area contributed by atoms with Crippen LogP contribution in [0.25, 0.3) is 0 Å². The predicted molar refractivity (Wildman–Crippen MR) is 70.4 cm³/mol. The van der Waals surface area contributed by atoms with Gasteiger partial charge in [-0.3, -0.25) is 4.79 Å². The molecule has 0 radical (unpaired) electrons. The summed E-state index contributed by atoms with van der Waals surface area (Å²) >= 11 is 3.41. The molecule has 1 aliphatic carbocycles. The maximum Gasteiger partial charge on any atom is 0.255 e. The Morgan fingerprint density at radius 1 is 1.47 bits per heavy atom. The average Bonchev–Trinajstić information content (AvgIpc) is 2.26. The van der Waals surface area contributed by atoms with Crippen molar-refractivity contribution in [1.82, 2.24) is 4.90 Å². The Labute approximate surface area is 110 Å². The Morgan fingerprint density at radius 2 is 2.18 bits per heavy atom. The highest BCUT2D eigenvalue weighted by Gasteiger charge is 2.27. The van der Waals surface area contributed by atoms with E-state index in [1.807, 2.05) is 24.1 Å². The molecule has 1 aromatic carbocycles. The first-order chi connectivity index (χ1) is 8.13. The minimum atomic E-state index is 0.0560. The number of ether oxygens (including phenoxy) is 1. The molecular weight excluding hydrogens is 282 g/mol. The van der Waals surface area contributed by atoms with Crippen molar-refractivity contribution in [3.8, 4) is 5.75 Å². The number of halogens is 1. The normalized spacial score (nSPS) is 15.2. The van der Waals surface area contributed by atoms with E-state index in [4.69, 9.17) is 4.74 Å². The Kier molecular flexibility index (Phi) is 3.72. The standard InChI is InChI=1S/C13H16BrNO2/c1-15(9-4-3-5-9)13(16)11-8-10(17-2)6-7-12(11)14/h6-9H,3-5H2,1-2H3. The third kappa shape index (κ3) is 2.46. The lowest BCUT2D eigenvalue weighted by atomic mass is 9.91. The first-order valence-corrected chi connectivity index (χ1v) is 6.53. The molecule has 4 heteroatoms. The van der Waals surface area contributed by atoms with Gasteiger partial charge in [0.25, 0.3) is 5.91 Å². The third-order valence-electron chi connectivity index (χ3n) is 3.35. The summed E-state index contributed by atoms with van der Waals surface area (Å²) in [6.07, 6.45) is 3.45. The van der Waals surface area contributed by atoms with E-state index in [2.05, 4.69) is 15.9 Å². The van der Waals surface area contributed by atoms with E-state index in [1.165, 1.54) is 6.42 Å². The summed E-state index contributed by atoms with van der Waals surface area (Å²) in [6, 6.07) is 5.87. The molecule has 1 aromatic rings. The van der Waals surface area contributed by atoms with Gasteiger partial charge in [-0.25, -0.2) is 0 Å². The first kappa shape index (κ1) is 12.4. The van der Waals surface area contributed by atoms with E-state index in [-0.39, 0.29) is 5.91 Å². The Hall–Kier alpha value is -1.03. The summed E-state index contributed by atoms with van der Waals surface area (Å²) in [4.78, 5) is 14.1. The average molecular weight is 298 g/mol. The molecule has 0 unspecified atom stereocenters. The third-order valence-corrected chi connectivity index (χ3v) is 4.04. The second kappa shape index (κ2) is 5.08. The minimum absolute atomic E-state index is 0.0560. The number of nitrogens with zero attached hydrogens (tertiary/aromatic N) is 1. The van der Waals surface area contributed by atoms with Gasteiger partial charge in [0.1, 0.15) is 5.75 Å². The monoisotopic (exact) mass is 297 g/mol. The van der Waals surface area contributed by atoms with Crippen molar-refractivity contribution in [2.75, 3.05) is 14.2 Å². The number of hydrogen-bond acceptors (Lipinski definition) is 2. The minimum Gasteiger partial charge on any atom is -0.497 e. The second-order valence-corrected chi connectivity index (χ2v) is 5.20. The van der Waals surface area contributed by atoms with Crippen LogP contribution in [0.2, 0.25) is 0 Å². The van der Waals surface area contributed by atoms with Gasteiger partial charge in [0.2, 0.25) is 0 Å². The van der Waals surface area contributed by atoms with Crippen molar-refractivity contribution in [3.63, 3.8) is 0 Å². The molecule has 0 N–H and O–H groups in total. The fourth-order valence-electron chi connectivity index (χ4n) is 1.93. The van der Waals surface area contributed by atoms with Gasteiger partial charge < -0.3 is 9.64 Å². The smallest absolute Gasteiger partial charge is 0.255 e. The van der Waals surface area contributed by atoms with E-state index in [1.54, 1.807) is 13.2 Å². The van der Waals surface area contributed by atoms with E-state index < -0.39 is 0 Å². The highest BCUT2D eigenvalue weighted by molar-refractivity contribution is 9.10. The van der Waals surface area contributed by atoms with Gasteiger partial charge in [-0.05, 0) is 53.4 Å². The topological polar surface area (TPSA) is 29.5 Å². The molecule has 1 aliphatic rings. The van der Waals surface area contributed by atoms with Crippen molar-refractivity contribution in [1.29, 1.82) is 0 Å². The quantitative estimate of drug-likeness (QED) is 0.858. The molecule has 2 rings (SSSR count). The van der Waals surface area contributed by atoms with Gasteiger partial charge in [-0.15, -0.1) is 0 Å². The fraction of sp³-hybridized carbons (Fsp3) is 0.462. The van der Waals surface area contributed by atoms with Crippen LogP contribution in [0.1, 0.15) is 29.6 Å². The van der Waals surface area contributed by atoms with E-state index in [0.717, 1.165) is 17.3 Å². The largest absolute Gasteiger partial charge is 0.497 e. The van der Waals surface area contributed by atoms with Gasteiger partial charge in [0, 0.05) is 17.6 Å². The molecule has 0 spiro atoms. The molecule has 0 heterocycles. The van der Waals surface area contributed by atoms with Crippen molar-refractivity contribution >= 4 is 21.8 Å². The van der Waals surface area contributed by atoms with Crippen molar-refractivity contribution in [2.45, 2.75) is 25.3 Å². The van der Waals surface area contributed by atoms with Crippen LogP contribution in [-0.2, 0) is 0 Å². The van der Waals surface area contributed by atoms with Gasteiger partial charge in [-0.2, -0.15) is 0 Å². The number of benzene rings is 1. The molecule has 1 amide bonds. The summed E-state index contributed by atoms with van der Waals surface area (Å²) in [5.74, 6) is 0.763. The van der Waals surface area contributed by atoms with Crippen LogP contribution in [0.3, 0.4) is 0 Å². The van der Waals surface area contributed by atoms with E-state index in [0.29, 0.717) is 17.4 Å². The molecular formula is C13H16BrNO2. The Bertz CT molecular complexity index is 429. The lowest BCUT2D eigenvalue weighted by Crippen LogP contribution is -2.41. The number of hydrogen-bond donors (Lipinski definition) is 0. The fourth-order valence-corrected chi connectivity index (χ4v) is 2.34. The number of amides is 1. The molecule has 1 saturated carbocycles. The zero-order valence-corrected chi connectivity index (χ0v) is 11.7. The maximum atomic E-state index is 12.3. The van der Waals surface area contributed by atoms with Gasteiger partial charge >= 0.3 is 0 Å². The zero-order chi connectivity index (χ0) is 12.4. The van der Waals surface area contributed by atoms with E-state index >= 15 is 0 Å². The maximum absolute atomic E-state index is 12.3. The molecule has 92 valence electrons. The highest BCUT2D eigenvalue weighted by Crippen LogP contribution is 2.28. The van der Waals surface area contributed by atoms with Crippen LogP contribution >= 0.6 is 15.9 Å². The van der Waals surface area contributed by atoms with Crippen LogP contribution in [-0.4, -0.2) is 31.0 Å². The molecule has 0 atom stereocenters. The predicted octanol–water partition coefficient (Wildman–Crippen LogP) is 3.08. The van der Waals surface area contributed by atoms with Crippen molar-refractivity contribution < 1.29 is 9.53 Å². The molecule has 17 heavy (non-hydrogen) atoms. The molecule has 0 bridgehead atoms. The van der Waals surface area contributed by atoms with Gasteiger partial charge in [0.15, 0.2) is 0 Å². The SMILES string of the molecule is COc1ccc(Br)c(C(=O)N(C)C2CCC2)c1. The first-order valence-electron chi connectivity index (χ1n) is 5.74. The molecule has 1 fully saturated rings. The lowest BCUT2D eigenvalue weighted by Gasteiger charge is -2.35. The number of rotatable bonds is 3. The van der Waals surface area contributed by atoms with Crippen molar-refractivity contribution in [2.24, 2.45) is 0 Å². The summed E-state index contributed by atoms with van der Waals surface area (Å²) in [7, 11) is 3.48. The number of carbonyl (C=O) groups excluding carboxylic acids is 1. The summed E-state index contributed by atoms with van der Waals surface area (Å²) in [5.41, 5.74) is 0.666. The molecule has 3 nitrogen and oxygen atoms in total. The van der Waals surface area contributed by atoms with Crippen LogP contribution in [0.5, 0.6) is 5.75 Å². The van der Waals surface area contributed by atoms with Crippen LogP contribution in [0.15, 0.2) is 22.7 Å². The van der Waals surface area contributed by atoms with Gasteiger partial charge in [-0.1, -0.05) is 0 Å². The highest BCUT2D eigenvalue weighted by atomic mass is 79.9. The van der Waals surface area contributed by atoms with E-state index in [9.17, 15) is 4.79 Å². The molecule has 0 saturated heterocycles. The molecule has 0 aromatic heterocycles. The lowest BCUT2D eigenvalue weighted by molar-refractivity contribution is 0.0650. The van der Waals surface area contributed by atoms with Crippen LogP contribution in [0, 0.1) is 0 Å². The Balaban J connectivity index is 2.22.